The van der Waals surface area contributed by atoms with Crippen LogP contribution in [-0.4, -0.2) is 33.6 Å². The van der Waals surface area contributed by atoms with E-state index in [2.05, 4.69) is 4.72 Å². The van der Waals surface area contributed by atoms with Crippen LogP contribution < -0.4 is 4.72 Å². The molecule has 0 atom stereocenters. The number of halogens is 1. The Bertz CT molecular complexity index is 618. The number of methoxy groups -OCH3 is 1. The molecule has 1 N–H and O–H groups in total. The third kappa shape index (κ3) is 4.92. The van der Waals surface area contributed by atoms with Crippen molar-refractivity contribution in [3.05, 3.63) is 32.8 Å². The van der Waals surface area contributed by atoms with Crippen LogP contribution >= 0.6 is 11.6 Å². The number of nitro groups is 1. The van der Waals surface area contributed by atoms with E-state index in [0.29, 0.717) is 18.6 Å². The molecule has 118 valence electrons. The maximum Gasteiger partial charge on any atom is 0.289 e. The Balaban J connectivity index is 2.92. The summed E-state index contributed by atoms with van der Waals surface area (Å²) in [5.74, 6) is 0. The Labute approximate surface area is 128 Å². The van der Waals surface area contributed by atoms with Gasteiger partial charge in [0, 0.05) is 26.3 Å². The van der Waals surface area contributed by atoms with E-state index in [1.54, 1.807) is 7.11 Å². The van der Waals surface area contributed by atoms with Crippen LogP contribution in [0.1, 0.15) is 18.4 Å². The number of benzene rings is 1. The van der Waals surface area contributed by atoms with E-state index >= 15 is 0 Å². The molecule has 0 bridgehead atoms. The van der Waals surface area contributed by atoms with Gasteiger partial charge in [0.1, 0.15) is 5.02 Å². The summed E-state index contributed by atoms with van der Waals surface area (Å²) in [4.78, 5) is 9.99. The van der Waals surface area contributed by atoms with Gasteiger partial charge in [-0.05, 0) is 31.4 Å². The SMILES string of the molecule is COCCCCNS(=O)(=O)c1cc([N+](=O)[O-])c(Cl)cc1C. The van der Waals surface area contributed by atoms with Crippen molar-refractivity contribution in [2.24, 2.45) is 0 Å². The molecular weight excluding hydrogens is 320 g/mol. The number of hydrogen-bond acceptors (Lipinski definition) is 5. The number of nitrogens with one attached hydrogen (secondary N) is 1. The number of sulfonamides is 1. The first-order chi connectivity index (χ1) is 9.79. The maximum atomic E-state index is 12.2. The minimum atomic E-state index is -3.80. The molecule has 1 rings (SSSR count). The van der Waals surface area contributed by atoms with Gasteiger partial charge >= 0.3 is 0 Å². The maximum absolute atomic E-state index is 12.2. The van der Waals surface area contributed by atoms with E-state index in [0.717, 1.165) is 12.5 Å². The molecule has 0 saturated carbocycles. The molecule has 0 spiro atoms. The van der Waals surface area contributed by atoms with Gasteiger partial charge in [0.15, 0.2) is 0 Å². The standard InChI is InChI=1S/C12H17ClN2O5S/c1-9-7-10(13)11(15(16)17)8-12(9)21(18,19)14-5-3-4-6-20-2/h7-8,14H,3-6H2,1-2H3. The van der Waals surface area contributed by atoms with Crippen molar-refractivity contribution in [2.75, 3.05) is 20.3 Å². The number of aryl methyl sites for hydroxylation is 1. The van der Waals surface area contributed by atoms with E-state index < -0.39 is 20.6 Å². The Morgan fingerprint density at radius 2 is 2.05 bits per heavy atom. The Kier molecular flexibility index (Phi) is 6.53. The predicted molar refractivity (Wildman–Crippen MR) is 79.1 cm³/mol. The van der Waals surface area contributed by atoms with Crippen LogP contribution in [0.3, 0.4) is 0 Å². The van der Waals surface area contributed by atoms with E-state index in [9.17, 15) is 18.5 Å². The summed E-state index contributed by atoms with van der Waals surface area (Å²) in [6, 6.07) is 2.26. The van der Waals surface area contributed by atoms with E-state index in [1.807, 2.05) is 0 Å². The average Bonchev–Trinajstić information content (AvgIpc) is 2.37. The number of unbranched alkanes of at least 4 members (excludes halogenated alkanes) is 1. The van der Waals surface area contributed by atoms with Crippen LogP contribution in [0.4, 0.5) is 5.69 Å². The second-order valence-electron chi connectivity index (χ2n) is 4.42. The normalized spacial score (nSPS) is 11.6. The molecule has 0 aliphatic carbocycles. The lowest BCUT2D eigenvalue weighted by Crippen LogP contribution is -2.25. The average molecular weight is 337 g/mol. The Morgan fingerprint density at radius 3 is 2.62 bits per heavy atom. The van der Waals surface area contributed by atoms with Crippen LogP contribution in [0, 0.1) is 17.0 Å². The molecule has 0 radical (unpaired) electrons. The molecular formula is C12H17ClN2O5S. The molecule has 0 saturated heterocycles. The first-order valence-electron chi connectivity index (χ1n) is 6.22. The molecule has 21 heavy (non-hydrogen) atoms. The summed E-state index contributed by atoms with van der Waals surface area (Å²) in [6.07, 6.45) is 1.33. The summed E-state index contributed by atoms with van der Waals surface area (Å²) < 4.78 is 31.6. The minimum Gasteiger partial charge on any atom is -0.385 e. The van der Waals surface area contributed by atoms with Crippen molar-refractivity contribution >= 4 is 27.3 Å². The third-order valence-electron chi connectivity index (χ3n) is 2.80. The highest BCUT2D eigenvalue weighted by atomic mass is 35.5. The zero-order valence-electron chi connectivity index (χ0n) is 11.8. The van der Waals surface area contributed by atoms with Crippen molar-refractivity contribution in [3.63, 3.8) is 0 Å². The van der Waals surface area contributed by atoms with Gasteiger partial charge in [0.05, 0.1) is 9.82 Å². The van der Waals surface area contributed by atoms with Crippen molar-refractivity contribution in [1.29, 1.82) is 0 Å². The van der Waals surface area contributed by atoms with E-state index in [4.69, 9.17) is 16.3 Å². The number of ether oxygens (including phenoxy) is 1. The van der Waals surface area contributed by atoms with Gasteiger partial charge in [0.2, 0.25) is 10.0 Å². The molecule has 0 unspecified atom stereocenters. The van der Waals surface area contributed by atoms with Gasteiger partial charge in [-0.1, -0.05) is 11.6 Å². The van der Waals surface area contributed by atoms with E-state index in [1.165, 1.54) is 13.0 Å². The fraction of sp³-hybridized carbons (Fsp3) is 0.500. The lowest BCUT2D eigenvalue weighted by atomic mass is 10.2. The number of nitro benzene ring substituents is 1. The lowest BCUT2D eigenvalue weighted by molar-refractivity contribution is -0.384. The lowest BCUT2D eigenvalue weighted by Gasteiger charge is -2.10. The largest absolute Gasteiger partial charge is 0.385 e. The molecule has 0 aromatic heterocycles. The van der Waals surface area contributed by atoms with Gasteiger partial charge in [0.25, 0.3) is 5.69 Å². The number of rotatable bonds is 8. The molecule has 0 aliphatic rings. The monoisotopic (exact) mass is 336 g/mol. The minimum absolute atomic E-state index is 0.0865. The molecule has 0 amide bonds. The fourth-order valence-corrected chi connectivity index (χ4v) is 3.33. The van der Waals surface area contributed by atoms with Crippen LogP contribution in [0.2, 0.25) is 5.02 Å². The summed E-state index contributed by atoms with van der Waals surface area (Å²) in [6.45, 7) is 2.32. The second kappa shape index (κ2) is 7.69. The highest BCUT2D eigenvalue weighted by Crippen LogP contribution is 2.29. The summed E-state index contributed by atoms with van der Waals surface area (Å²) in [7, 11) is -2.24. The van der Waals surface area contributed by atoms with Gasteiger partial charge < -0.3 is 4.74 Å². The molecule has 9 heteroatoms. The number of nitrogens with zero attached hydrogens (tertiary/aromatic N) is 1. The predicted octanol–water partition coefficient (Wildman–Crippen LogP) is 2.26. The van der Waals surface area contributed by atoms with Gasteiger partial charge in [-0.2, -0.15) is 0 Å². The summed E-state index contributed by atoms with van der Waals surface area (Å²) in [5, 5.41) is 10.7. The fourth-order valence-electron chi connectivity index (χ4n) is 1.73. The Morgan fingerprint density at radius 1 is 1.38 bits per heavy atom. The Hall–Kier alpha value is -1.22. The molecule has 0 fully saturated rings. The summed E-state index contributed by atoms with van der Waals surface area (Å²) in [5.41, 5.74) is -0.0722. The van der Waals surface area contributed by atoms with Crippen LogP contribution in [0.25, 0.3) is 0 Å². The third-order valence-corrected chi connectivity index (χ3v) is 4.70. The second-order valence-corrected chi connectivity index (χ2v) is 6.57. The first-order valence-corrected chi connectivity index (χ1v) is 8.09. The van der Waals surface area contributed by atoms with Gasteiger partial charge in [-0.3, -0.25) is 10.1 Å². The highest BCUT2D eigenvalue weighted by molar-refractivity contribution is 7.89. The van der Waals surface area contributed by atoms with Crippen LogP contribution in [0.15, 0.2) is 17.0 Å². The van der Waals surface area contributed by atoms with Crippen molar-refractivity contribution in [1.82, 2.24) is 4.72 Å². The molecule has 0 heterocycles. The first kappa shape index (κ1) is 17.8. The van der Waals surface area contributed by atoms with E-state index in [-0.39, 0.29) is 16.5 Å². The zero-order valence-corrected chi connectivity index (χ0v) is 13.3. The smallest absolute Gasteiger partial charge is 0.289 e. The highest BCUT2D eigenvalue weighted by Gasteiger charge is 2.23. The van der Waals surface area contributed by atoms with Crippen molar-refractivity contribution in [3.8, 4) is 0 Å². The molecule has 1 aromatic rings. The van der Waals surface area contributed by atoms with Crippen LogP contribution in [0.5, 0.6) is 0 Å². The van der Waals surface area contributed by atoms with Crippen LogP contribution in [-0.2, 0) is 14.8 Å². The van der Waals surface area contributed by atoms with Crippen molar-refractivity contribution in [2.45, 2.75) is 24.7 Å². The quantitative estimate of drug-likeness (QED) is 0.446. The van der Waals surface area contributed by atoms with Gasteiger partial charge in [-0.15, -0.1) is 0 Å². The van der Waals surface area contributed by atoms with Crippen molar-refractivity contribution < 1.29 is 18.1 Å². The number of hydrogen-bond donors (Lipinski definition) is 1. The topological polar surface area (TPSA) is 98.5 Å². The molecule has 1 aromatic carbocycles. The van der Waals surface area contributed by atoms with Gasteiger partial charge in [-0.25, -0.2) is 13.1 Å². The molecule has 7 nitrogen and oxygen atoms in total. The summed E-state index contributed by atoms with van der Waals surface area (Å²) >= 11 is 5.74. The molecule has 0 aliphatic heterocycles. The zero-order chi connectivity index (χ0) is 16.0.